The first kappa shape index (κ1) is 13.2. The number of nitrogens with zero attached hydrogens (tertiary/aromatic N) is 2. The van der Waals surface area contributed by atoms with E-state index in [0.29, 0.717) is 0 Å². The minimum atomic E-state index is 0.962. The highest BCUT2D eigenvalue weighted by Gasteiger charge is 2.00. The van der Waals surface area contributed by atoms with Crippen LogP contribution in [-0.4, -0.2) is 11.6 Å². The van der Waals surface area contributed by atoms with E-state index >= 15 is 0 Å². The number of benzene rings is 1. The second kappa shape index (κ2) is 6.04. The first-order valence-corrected chi connectivity index (χ1v) is 5.94. The molecule has 0 saturated carbocycles. The van der Waals surface area contributed by atoms with E-state index in [2.05, 4.69) is 36.7 Å². The van der Waals surface area contributed by atoms with Crippen molar-refractivity contribution in [1.82, 2.24) is 4.57 Å². The molecule has 0 spiro atoms. The number of pyridine rings is 1. The van der Waals surface area contributed by atoms with E-state index in [9.17, 15) is 0 Å². The van der Waals surface area contributed by atoms with Gasteiger partial charge in [-0.1, -0.05) is 38.6 Å². The summed E-state index contributed by atoms with van der Waals surface area (Å²) in [5, 5.41) is 1.21. The normalized spacial score (nSPS) is 10.9. The number of rotatable bonds is 1. The van der Waals surface area contributed by atoms with Gasteiger partial charge in [0.2, 0.25) is 0 Å². The minimum Gasteiger partial charge on any atom is -0.302 e. The molecule has 0 fully saturated rings. The van der Waals surface area contributed by atoms with Gasteiger partial charge in [0.1, 0.15) is 5.49 Å². The third-order valence-electron chi connectivity index (χ3n) is 2.54. The van der Waals surface area contributed by atoms with Crippen molar-refractivity contribution in [3.05, 3.63) is 48.0 Å². The molecule has 2 rings (SSSR count). The molecular weight excluding hydrogens is 208 g/mol. The zero-order valence-corrected chi connectivity index (χ0v) is 11.1. The third kappa shape index (κ3) is 2.47. The largest absolute Gasteiger partial charge is 0.302 e. The number of aryl methyl sites for hydroxylation is 1. The molecular formula is C15H20N2. The van der Waals surface area contributed by atoms with E-state index in [0.717, 1.165) is 16.6 Å². The van der Waals surface area contributed by atoms with Gasteiger partial charge in [-0.3, -0.25) is 4.99 Å². The molecule has 0 bridgehead atoms. The van der Waals surface area contributed by atoms with Gasteiger partial charge in [-0.05, 0) is 30.0 Å². The Balaban J connectivity index is 0.000000686. The molecule has 2 nitrogen and oxygen atoms in total. The van der Waals surface area contributed by atoms with Crippen LogP contribution in [0.25, 0.3) is 17.1 Å². The van der Waals surface area contributed by atoms with Crippen LogP contribution in [-0.2, 0) is 0 Å². The summed E-state index contributed by atoms with van der Waals surface area (Å²) >= 11 is 0. The lowest BCUT2D eigenvalue weighted by Gasteiger charge is -2.08. The summed E-state index contributed by atoms with van der Waals surface area (Å²) in [5.41, 5.74) is 3.26. The fourth-order valence-corrected chi connectivity index (χ4v) is 1.90. The standard InChI is InChI=1S/C13H14N2.C2H6/c1-4-15-12-8-6-5-7-11(12)9-10(2)13(15)14-3;1-2/h4-9H,1H2,2-3H3;1-2H3. The van der Waals surface area contributed by atoms with E-state index in [1.807, 2.05) is 30.5 Å². The zero-order valence-electron chi connectivity index (χ0n) is 11.1. The number of aromatic nitrogens is 1. The first-order chi connectivity index (χ1) is 8.27. The molecule has 0 N–H and O–H groups in total. The Morgan fingerprint density at radius 3 is 2.47 bits per heavy atom. The van der Waals surface area contributed by atoms with E-state index < -0.39 is 0 Å². The molecule has 0 aliphatic heterocycles. The summed E-state index contributed by atoms with van der Waals surface area (Å²) in [6, 6.07) is 10.4. The quantitative estimate of drug-likeness (QED) is 0.709. The van der Waals surface area contributed by atoms with Crippen LogP contribution in [0.15, 0.2) is 41.9 Å². The van der Waals surface area contributed by atoms with E-state index in [-0.39, 0.29) is 0 Å². The van der Waals surface area contributed by atoms with Crippen molar-refractivity contribution in [3.63, 3.8) is 0 Å². The highest BCUT2D eigenvalue weighted by atomic mass is 15.0. The highest BCUT2D eigenvalue weighted by Crippen LogP contribution is 2.12. The van der Waals surface area contributed by atoms with E-state index in [1.54, 1.807) is 13.2 Å². The van der Waals surface area contributed by atoms with Crippen LogP contribution in [0.3, 0.4) is 0 Å². The van der Waals surface area contributed by atoms with Gasteiger partial charge in [0, 0.05) is 13.2 Å². The lowest BCUT2D eigenvalue weighted by molar-refractivity contribution is 1.01. The summed E-state index contributed by atoms with van der Waals surface area (Å²) < 4.78 is 2.02. The molecule has 0 saturated heterocycles. The summed E-state index contributed by atoms with van der Waals surface area (Å²) in [6.45, 7) is 9.90. The molecule has 0 aliphatic rings. The van der Waals surface area contributed by atoms with Crippen LogP contribution in [0, 0.1) is 6.92 Å². The molecule has 0 unspecified atom stereocenters. The number of hydrogen-bond acceptors (Lipinski definition) is 1. The highest BCUT2D eigenvalue weighted by molar-refractivity contribution is 5.81. The maximum absolute atomic E-state index is 4.28. The smallest absolute Gasteiger partial charge is 0.134 e. The molecule has 0 amide bonds. The molecule has 0 atom stereocenters. The maximum Gasteiger partial charge on any atom is 0.134 e. The van der Waals surface area contributed by atoms with Crippen LogP contribution >= 0.6 is 0 Å². The van der Waals surface area contributed by atoms with Gasteiger partial charge in [0.05, 0.1) is 5.52 Å². The molecule has 1 aromatic carbocycles. The van der Waals surface area contributed by atoms with E-state index in [4.69, 9.17) is 0 Å². The van der Waals surface area contributed by atoms with Gasteiger partial charge in [-0.25, -0.2) is 0 Å². The van der Waals surface area contributed by atoms with Gasteiger partial charge in [0.15, 0.2) is 0 Å². The average molecular weight is 228 g/mol. The summed E-state index contributed by atoms with van der Waals surface area (Å²) in [5.74, 6) is 0. The lowest BCUT2D eigenvalue weighted by atomic mass is 10.1. The number of fused-ring (bicyclic) bond motifs is 1. The Kier molecular flexibility index (Phi) is 4.70. The average Bonchev–Trinajstić information content (AvgIpc) is 2.39. The molecule has 90 valence electrons. The van der Waals surface area contributed by atoms with Crippen molar-refractivity contribution < 1.29 is 0 Å². The van der Waals surface area contributed by atoms with Crippen molar-refractivity contribution in [3.8, 4) is 0 Å². The SMILES string of the molecule is C=Cn1c(=NC)c(C)cc2ccccc21.CC. The van der Waals surface area contributed by atoms with Crippen molar-refractivity contribution in [2.45, 2.75) is 20.8 Å². The Morgan fingerprint density at radius 1 is 1.24 bits per heavy atom. The molecule has 17 heavy (non-hydrogen) atoms. The Hall–Kier alpha value is -1.83. The Morgan fingerprint density at radius 2 is 1.88 bits per heavy atom. The maximum atomic E-state index is 4.28. The number of hydrogen-bond donors (Lipinski definition) is 0. The van der Waals surface area contributed by atoms with Crippen molar-refractivity contribution in [1.29, 1.82) is 0 Å². The Labute approximate surface area is 103 Å². The zero-order chi connectivity index (χ0) is 12.8. The molecule has 2 aromatic rings. The van der Waals surface area contributed by atoms with Gasteiger partial charge >= 0.3 is 0 Å². The fourth-order valence-electron chi connectivity index (χ4n) is 1.90. The molecule has 0 aliphatic carbocycles. The van der Waals surface area contributed by atoms with Crippen molar-refractivity contribution >= 4 is 17.1 Å². The molecule has 1 heterocycles. The second-order valence-corrected chi connectivity index (χ2v) is 3.49. The topological polar surface area (TPSA) is 17.3 Å². The molecule has 0 radical (unpaired) electrons. The molecule has 1 aromatic heterocycles. The number of para-hydroxylation sites is 1. The summed E-state index contributed by atoms with van der Waals surface area (Å²) in [7, 11) is 1.80. The van der Waals surface area contributed by atoms with Crippen molar-refractivity contribution in [2.24, 2.45) is 4.99 Å². The van der Waals surface area contributed by atoms with Crippen LogP contribution < -0.4 is 5.49 Å². The summed E-state index contributed by atoms with van der Waals surface area (Å²) in [4.78, 5) is 4.28. The lowest BCUT2D eigenvalue weighted by Crippen LogP contribution is -2.19. The third-order valence-corrected chi connectivity index (χ3v) is 2.54. The van der Waals surface area contributed by atoms with Gasteiger partial charge < -0.3 is 4.57 Å². The van der Waals surface area contributed by atoms with Gasteiger partial charge in [-0.2, -0.15) is 0 Å². The van der Waals surface area contributed by atoms with E-state index in [1.165, 1.54) is 5.39 Å². The van der Waals surface area contributed by atoms with Crippen LogP contribution in [0.4, 0.5) is 0 Å². The van der Waals surface area contributed by atoms with Crippen molar-refractivity contribution in [2.75, 3.05) is 7.05 Å². The van der Waals surface area contributed by atoms with Gasteiger partial charge in [0.25, 0.3) is 0 Å². The van der Waals surface area contributed by atoms with Crippen LogP contribution in [0.5, 0.6) is 0 Å². The molecule has 2 heteroatoms. The van der Waals surface area contributed by atoms with Crippen LogP contribution in [0.1, 0.15) is 19.4 Å². The second-order valence-electron chi connectivity index (χ2n) is 3.49. The van der Waals surface area contributed by atoms with Gasteiger partial charge in [-0.15, -0.1) is 0 Å². The summed E-state index contributed by atoms with van der Waals surface area (Å²) in [6.07, 6.45) is 1.80. The fraction of sp³-hybridized carbons (Fsp3) is 0.267. The monoisotopic (exact) mass is 228 g/mol. The first-order valence-electron chi connectivity index (χ1n) is 5.94. The Bertz CT molecular complexity index is 577. The predicted molar refractivity (Wildman–Crippen MR) is 75.9 cm³/mol. The minimum absolute atomic E-state index is 0.962. The van der Waals surface area contributed by atoms with Crippen LogP contribution in [0.2, 0.25) is 0 Å². The predicted octanol–water partition coefficient (Wildman–Crippen LogP) is 3.61.